The summed E-state index contributed by atoms with van der Waals surface area (Å²) in [7, 11) is 1.96. The van der Waals surface area contributed by atoms with Gasteiger partial charge in [0.2, 0.25) is 0 Å². The molecule has 1 fully saturated rings. The highest BCUT2D eigenvalue weighted by molar-refractivity contribution is 5.15. The van der Waals surface area contributed by atoms with E-state index in [1.54, 1.807) is 0 Å². The summed E-state index contributed by atoms with van der Waals surface area (Å²) < 4.78 is 7.42. The van der Waals surface area contributed by atoms with Gasteiger partial charge in [0.1, 0.15) is 0 Å². The fourth-order valence-corrected chi connectivity index (χ4v) is 2.12. The number of aromatic nitrogens is 2. The van der Waals surface area contributed by atoms with E-state index in [4.69, 9.17) is 9.84 Å². The standard InChI is InChI=1S/C12H21N3O2/c1-9-8-17-12(7-16)6-15(9)5-11-4-13-14(3)10(11)2/h4,9,12,16H,5-8H2,1-3H3. The van der Waals surface area contributed by atoms with Crippen molar-refractivity contribution in [2.24, 2.45) is 7.05 Å². The highest BCUT2D eigenvalue weighted by atomic mass is 16.5. The molecule has 1 saturated heterocycles. The average molecular weight is 239 g/mol. The zero-order valence-electron chi connectivity index (χ0n) is 10.8. The molecule has 1 aliphatic rings. The fourth-order valence-electron chi connectivity index (χ4n) is 2.12. The molecule has 0 saturated carbocycles. The predicted molar refractivity (Wildman–Crippen MR) is 64.6 cm³/mol. The van der Waals surface area contributed by atoms with Gasteiger partial charge in [0.25, 0.3) is 0 Å². The Morgan fingerprint density at radius 1 is 1.59 bits per heavy atom. The van der Waals surface area contributed by atoms with Gasteiger partial charge >= 0.3 is 0 Å². The van der Waals surface area contributed by atoms with Crippen LogP contribution in [0.4, 0.5) is 0 Å². The van der Waals surface area contributed by atoms with Gasteiger partial charge in [0.05, 0.1) is 25.5 Å². The first kappa shape index (κ1) is 12.5. The van der Waals surface area contributed by atoms with Crippen molar-refractivity contribution in [3.8, 4) is 0 Å². The van der Waals surface area contributed by atoms with Crippen LogP contribution in [0.5, 0.6) is 0 Å². The number of aliphatic hydroxyl groups excluding tert-OH is 1. The Bertz CT molecular complexity index is 378. The van der Waals surface area contributed by atoms with Crippen molar-refractivity contribution < 1.29 is 9.84 Å². The molecule has 0 bridgehead atoms. The van der Waals surface area contributed by atoms with Crippen molar-refractivity contribution in [2.75, 3.05) is 19.8 Å². The van der Waals surface area contributed by atoms with Crippen LogP contribution in [0.1, 0.15) is 18.2 Å². The van der Waals surface area contributed by atoms with Gasteiger partial charge < -0.3 is 9.84 Å². The molecule has 2 heterocycles. The first-order valence-electron chi connectivity index (χ1n) is 6.05. The zero-order chi connectivity index (χ0) is 12.4. The van der Waals surface area contributed by atoms with Gasteiger partial charge in [0.15, 0.2) is 0 Å². The number of aliphatic hydroxyl groups is 1. The number of ether oxygens (including phenoxy) is 1. The molecule has 0 aromatic carbocycles. The second-order valence-corrected chi connectivity index (χ2v) is 4.80. The van der Waals surface area contributed by atoms with Crippen LogP contribution >= 0.6 is 0 Å². The van der Waals surface area contributed by atoms with Crippen molar-refractivity contribution in [3.05, 3.63) is 17.5 Å². The first-order chi connectivity index (χ1) is 8.11. The predicted octanol–water partition coefficient (Wildman–Crippen LogP) is 0.310. The van der Waals surface area contributed by atoms with Crippen molar-refractivity contribution in [2.45, 2.75) is 32.5 Å². The van der Waals surface area contributed by atoms with E-state index in [0.717, 1.165) is 13.1 Å². The molecule has 1 aromatic rings. The van der Waals surface area contributed by atoms with E-state index >= 15 is 0 Å². The number of nitrogens with zero attached hydrogens (tertiary/aromatic N) is 3. The first-order valence-corrected chi connectivity index (χ1v) is 6.05. The molecule has 5 nitrogen and oxygen atoms in total. The third kappa shape index (κ3) is 2.68. The highest BCUT2D eigenvalue weighted by Crippen LogP contribution is 2.16. The average Bonchev–Trinajstić information content (AvgIpc) is 2.64. The van der Waals surface area contributed by atoms with Crippen LogP contribution in [0.3, 0.4) is 0 Å². The van der Waals surface area contributed by atoms with E-state index in [9.17, 15) is 0 Å². The van der Waals surface area contributed by atoms with Crippen molar-refractivity contribution in [1.82, 2.24) is 14.7 Å². The summed E-state index contributed by atoms with van der Waals surface area (Å²) in [4.78, 5) is 2.34. The maximum atomic E-state index is 9.15. The van der Waals surface area contributed by atoms with Gasteiger partial charge in [-0.1, -0.05) is 0 Å². The lowest BCUT2D eigenvalue weighted by atomic mass is 10.1. The third-order valence-corrected chi connectivity index (χ3v) is 3.55. The fraction of sp³-hybridized carbons (Fsp3) is 0.750. The van der Waals surface area contributed by atoms with Crippen LogP contribution in [-0.2, 0) is 18.3 Å². The number of aryl methyl sites for hydroxylation is 1. The Morgan fingerprint density at radius 3 is 2.94 bits per heavy atom. The Morgan fingerprint density at radius 2 is 2.35 bits per heavy atom. The Labute approximate surface area is 102 Å². The van der Waals surface area contributed by atoms with Gasteiger partial charge in [-0.15, -0.1) is 0 Å². The molecule has 2 rings (SSSR count). The minimum absolute atomic E-state index is 0.0526. The Kier molecular flexibility index (Phi) is 3.81. The van der Waals surface area contributed by atoms with Crippen LogP contribution in [-0.4, -0.2) is 51.7 Å². The maximum Gasteiger partial charge on any atom is 0.0933 e. The highest BCUT2D eigenvalue weighted by Gasteiger charge is 2.26. The molecule has 2 unspecified atom stereocenters. The minimum Gasteiger partial charge on any atom is -0.394 e. The van der Waals surface area contributed by atoms with Crippen molar-refractivity contribution >= 4 is 0 Å². The molecule has 0 radical (unpaired) electrons. The smallest absolute Gasteiger partial charge is 0.0933 e. The number of rotatable bonds is 3. The number of hydrogen-bond donors (Lipinski definition) is 1. The normalized spacial score (nSPS) is 26.4. The third-order valence-electron chi connectivity index (χ3n) is 3.55. The summed E-state index contributed by atoms with van der Waals surface area (Å²) >= 11 is 0. The minimum atomic E-state index is -0.0526. The van der Waals surface area contributed by atoms with Gasteiger partial charge in [-0.05, 0) is 13.8 Å². The summed E-state index contributed by atoms with van der Waals surface area (Å²) in [5.41, 5.74) is 2.45. The van der Waals surface area contributed by atoms with Gasteiger partial charge in [0, 0.05) is 37.4 Å². The monoisotopic (exact) mass is 239 g/mol. The zero-order valence-corrected chi connectivity index (χ0v) is 10.8. The molecule has 1 N–H and O–H groups in total. The van der Waals surface area contributed by atoms with Gasteiger partial charge in [-0.25, -0.2) is 0 Å². The molecule has 1 aliphatic heterocycles. The van der Waals surface area contributed by atoms with Crippen LogP contribution in [0.25, 0.3) is 0 Å². The second-order valence-electron chi connectivity index (χ2n) is 4.80. The lowest BCUT2D eigenvalue weighted by molar-refractivity contribution is -0.0806. The molecular formula is C12H21N3O2. The summed E-state index contributed by atoms with van der Waals surface area (Å²) in [5.74, 6) is 0. The Hall–Kier alpha value is -0.910. The summed E-state index contributed by atoms with van der Waals surface area (Å²) in [6.45, 7) is 6.67. The molecule has 0 amide bonds. The number of morpholine rings is 1. The van der Waals surface area contributed by atoms with Crippen LogP contribution < -0.4 is 0 Å². The van der Waals surface area contributed by atoms with Gasteiger partial charge in [-0.2, -0.15) is 5.10 Å². The molecule has 5 heteroatoms. The van der Waals surface area contributed by atoms with Crippen molar-refractivity contribution in [3.63, 3.8) is 0 Å². The Balaban J connectivity index is 2.04. The lowest BCUT2D eigenvalue weighted by Crippen LogP contribution is -2.48. The van der Waals surface area contributed by atoms with E-state index in [0.29, 0.717) is 12.6 Å². The SMILES string of the molecule is Cc1c(CN2CC(CO)OCC2C)cnn1C. The van der Waals surface area contributed by atoms with Crippen LogP contribution in [0, 0.1) is 6.92 Å². The van der Waals surface area contributed by atoms with Crippen molar-refractivity contribution in [1.29, 1.82) is 0 Å². The van der Waals surface area contributed by atoms with Crippen LogP contribution in [0.15, 0.2) is 6.20 Å². The van der Waals surface area contributed by atoms with Crippen LogP contribution in [0.2, 0.25) is 0 Å². The molecule has 0 aliphatic carbocycles. The quantitative estimate of drug-likeness (QED) is 0.825. The largest absolute Gasteiger partial charge is 0.394 e. The summed E-state index contributed by atoms with van der Waals surface area (Å²) in [6, 6.07) is 0.386. The number of hydrogen-bond acceptors (Lipinski definition) is 4. The summed E-state index contributed by atoms with van der Waals surface area (Å²) in [6.07, 6.45) is 1.87. The molecule has 2 atom stereocenters. The maximum absolute atomic E-state index is 9.15. The van der Waals surface area contributed by atoms with E-state index in [-0.39, 0.29) is 12.7 Å². The van der Waals surface area contributed by atoms with Gasteiger partial charge in [-0.3, -0.25) is 9.58 Å². The van der Waals surface area contributed by atoms with E-state index in [2.05, 4.69) is 23.8 Å². The molecule has 1 aromatic heterocycles. The van der Waals surface area contributed by atoms with E-state index in [1.807, 2.05) is 17.9 Å². The lowest BCUT2D eigenvalue weighted by Gasteiger charge is -2.37. The molecule has 96 valence electrons. The molecule has 0 spiro atoms. The topological polar surface area (TPSA) is 50.5 Å². The molecule has 17 heavy (non-hydrogen) atoms. The van der Waals surface area contributed by atoms with E-state index < -0.39 is 0 Å². The summed E-state index contributed by atoms with van der Waals surface area (Å²) in [5, 5.41) is 13.4. The molecular weight excluding hydrogens is 218 g/mol. The second kappa shape index (κ2) is 5.16. The van der Waals surface area contributed by atoms with E-state index in [1.165, 1.54) is 11.3 Å².